The van der Waals surface area contributed by atoms with Crippen molar-refractivity contribution in [3.05, 3.63) is 18.2 Å². The highest BCUT2D eigenvalue weighted by Crippen LogP contribution is 2.28. The number of ether oxygens (including phenoxy) is 2. The van der Waals surface area contributed by atoms with Crippen LogP contribution in [0, 0.1) is 0 Å². The maximum atomic E-state index is 5.92. The van der Waals surface area contributed by atoms with Gasteiger partial charge in [-0.25, -0.2) is 0 Å². The topological polar surface area (TPSA) is 68.9 Å². The molecule has 0 amide bonds. The van der Waals surface area contributed by atoms with Crippen molar-refractivity contribution < 1.29 is 9.47 Å². The van der Waals surface area contributed by atoms with Crippen LogP contribution in [0.5, 0.6) is 11.5 Å². The van der Waals surface area contributed by atoms with Crippen LogP contribution in [0.15, 0.2) is 23.2 Å². The third-order valence-electron chi connectivity index (χ3n) is 2.85. The van der Waals surface area contributed by atoms with Crippen LogP contribution in [0.1, 0.15) is 13.8 Å². The van der Waals surface area contributed by atoms with Crippen molar-refractivity contribution in [2.24, 2.45) is 10.7 Å². The molecule has 0 aliphatic rings. The molecule has 0 spiro atoms. The van der Waals surface area contributed by atoms with Crippen LogP contribution >= 0.6 is 35.7 Å². The molecule has 0 fully saturated rings. The summed E-state index contributed by atoms with van der Waals surface area (Å²) >= 11 is 1.75. The fourth-order valence-corrected chi connectivity index (χ4v) is 1.62. The number of rotatable bonds is 6. The van der Waals surface area contributed by atoms with Crippen molar-refractivity contribution in [3.63, 3.8) is 0 Å². The second-order valence-electron chi connectivity index (χ2n) is 4.86. The van der Waals surface area contributed by atoms with Gasteiger partial charge in [0.25, 0.3) is 0 Å². The van der Waals surface area contributed by atoms with Gasteiger partial charge >= 0.3 is 0 Å². The van der Waals surface area contributed by atoms with Gasteiger partial charge in [0.15, 0.2) is 5.96 Å². The minimum Gasteiger partial charge on any atom is -0.497 e. The number of methoxy groups -OCH3 is 2. The Morgan fingerprint density at radius 3 is 2.52 bits per heavy atom. The summed E-state index contributed by atoms with van der Waals surface area (Å²) in [6, 6.07) is 5.47. The number of hydrogen-bond donors (Lipinski definition) is 2. The van der Waals surface area contributed by atoms with E-state index in [4.69, 9.17) is 15.2 Å². The molecule has 7 heteroatoms. The van der Waals surface area contributed by atoms with Gasteiger partial charge in [-0.3, -0.25) is 4.99 Å². The molecule has 0 saturated carbocycles. The summed E-state index contributed by atoms with van der Waals surface area (Å²) in [5.74, 6) is 1.78. The van der Waals surface area contributed by atoms with Gasteiger partial charge in [-0.2, -0.15) is 11.8 Å². The van der Waals surface area contributed by atoms with E-state index in [2.05, 4.69) is 30.4 Å². The number of aliphatic imine (C=N–C) groups is 1. The lowest BCUT2D eigenvalue weighted by molar-refractivity contribution is 0.405. The summed E-state index contributed by atoms with van der Waals surface area (Å²) in [6.07, 6.45) is 2.06. The number of anilines is 1. The molecule has 0 aliphatic heterocycles. The lowest BCUT2D eigenvalue weighted by Crippen LogP contribution is -2.27. The molecule has 21 heavy (non-hydrogen) atoms. The Kier molecular flexibility index (Phi) is 8.88. The second-order valence-corrected chi connectivity index (χ2v) is 6.37. The Bertz CT molecular complexity index is 481. The molecule has 0 saturated heterocycles. The average molecular weight is 425 g/mol. The highest BCUT2D eigenvalue weighted by molar-refractivity contribution is 14.0. The molecule has 0 unspecified atom stereocenters. The van der Waals surface area contributed by atoms with Crippen LogP contribution in [0.4, 0.5) is 5.69 Å². The third kappa shape index (κ3) is 6.64. The smallest absolute Gasteiger partial charge is 0.193 e. The van der Waals surface area contributed by atoms with E-state index in [1.54, 1.807) is 26.0 Å². The van der Waals surface area contributed by atoms with Crippen molar-refractivity contribution in [3.8, 4) is 11.5 Å². The predicted molar refractivity (Wildman–Crippen MR) is 103 cm³/mol. The minimum atomic E-state index is 0. The second kappa shape index (κ2) is 9.24. The molecule has 0 radical (unpaired) electrons. The van der Waals surface area contributed by atoms with Crippen molar-refractivity contribution in [2.75, 3.05) is 32.3 Å². The van der Waals surface area contributed by atoms with E-state index < -0.39 is 0 Å². The van der Waals surface area contributed by atoms with E-state index in [1.807, 2.05) is 18.2 Å². The van der Waals surface area contributed by atoms with Crippen LogP contribution in [-0.4, -0.2) is 37.7 Å². The zero-order valence-corrected chi connectivity index (χ0v) is 16.2. The number of benzene rings is 1. The minimum absolute atomic E-state index is 0. The maximum absolute atomic E-state index is 5.92. The summed E-state index contributed by atoms with van der Waals surface area (Å²) in [7, 11) is 3.22. The van der Waals surface area contributed by atoms with Crippen LogP contribution in [-0.2, 0) is 0 Å². The lowest BCUT2D eigenvalue weighted by Gasteiger charge is -2.19. The molecule has 0 aromatic heterocycles. The number of nitrogens with two attached hydrogens (primary N) is 1. The fourth-order valence-electron chi connectivity index (χ4n) is 1.43. The van der Waals surface area contributed by atoms with Crippen LogP contribution in [0.25, 0.3) is 0 Å². The van der Waals surface area contributed by atoms with Crippen molar-refractivity contribution in [2.45, 2.75) is 18.6 Å². The highest BCUT2D eigenvalue weighted by atomic mass is 127. The van der Waals surface area contributed by atoms with Gasteiger partial charge in [-0.1, -0.05) is 0 Å². The third-order valence-corrected chi connectivity index (χ3v) is 4.09. The maximum Gasteiger partial charge on any atom is 0.193 e. The predicted octanol–water partition coefficient (Wildman–Crippen LogP) is 3.19. The Morgan fingerprint density at radius 1 is 1.33 bits per heavy atom. The Hall–Kier alpha value is -0.830. The Morgan fingerprint density at radius 2 is 2.00 bits per heavy atom. The normalized spacial score (nSPS) is 11.6. The molecule has 1 rings (SSSR count). The molecule has 0 heterocycles. The van der Waals surface area contributed by atoms with Crippen molar-refractivity contribution in [1.29, 1.82) is 0 Å². The number of halogens is 1. The molecule has 5 nitrogen and oxygen atoms in total. The first kappa shape index (κ1) is 20.2. The largest absolute Gasteiger partial charge is 0.497 e. The van der Waals surface area contributed by atoms with Crippen LogP contribution in [0.3, 0.4) is 0 Å². The van der Waals surface area contributed by atoms with Crippen molar-refractivity contribution >= 4 is 47.4 Å². The van der Waals surface area contributed by atoms with Gasteiger partial charge in [0.1, 0.15) is 11.5 Å². The summed E-state index contributed by atoms with van der Waals surface area (Å²) in [5.41, 5.74) is 6.65. The number of nitrogens with zero attached hydrogens (tertiary/aromatic N) is 1. The van der Waals surface area contributed by atoms with E-state index in [1.165, 1.54) is 0 Å². The lowest BCUT2D eigenvalue weighted by atomic mass is 10.2. The molecule has 1 aromatic rings. The van der Waals surface area contributed by atoms with Gasteiger partial charge in [-0.15, -0.1) is 24.0 Å². The summed E-state index contributed by atoms with van der Waals surface area (Å²) in [5, 5.41) is 3.05. The highest BCUT2D eigenvalue weighted by Gasteiger charge is 2.15. The Balaban J connectivity index is 0.00000400. The zero-order chi connectivity index (χ0) is 15.2. The SMILES string of the molecule is COc1ccc(OC)c(NC(N)=NCC(C)(C)SC)c1.I. The van der Waals surface area contributed by atoms with E-state index >= 15 is 0 Å². The number of thioether (sulfide) groups is 1. The number of guanidine groups is 1. The van der Waals surface area contributed by atoms with Gasteiger partial charge in [0.2, 0.25) is 0 Å². The number of nitrogens with one attached hydrogen (secondary N) is 1. The van der Waals surface area contributed by atoms with Gasteiger partial charge in [-0.05, 0) is 32.2 Å². The summed E-state index contributed by atoms with van der Waals surface area (Å²) < 4.78 is 10.5. The average Bonchev–Trinajstić information content (AvgIpc) is 2.45. The quantitative estimate of drug-likeness (QED) is 0.416. The first-order chi connectivity index (χ1) is 9.41. The monoisotopic (exact) mass is 425 g/mol. The first-order valence-corrected chi connectivity index (χ1v) is 7.48. The summed E-state index contributed by atoms with van der Waals surface area (Å²) in [4.78, 5) is 4.36. The number of hydrogen-bond acceptors (Lipinski definition) is 4. The van der Waals surface area contributed by atoms with E-state index in [9.17, 15) is 0 Å². The molecule has 0 bridgehead atoms. The fraction of sp³-hybridized carbons (Fsp3) is 0.500. The van der Waals surface area contributed by atoms with Crippen molar-refractivity contribution in [1.82, 2.24) is 0 Å². The molecule has 0 aliphatic carbocycles. The molecule has 0 atom stereocenters. The van der Waals surface area contributed by atoms with Crippen LogP contribution < -0.4 is 20.5 Å². The van der Waals surface area contributed by atoms with E-state index in [-0.39, 0.29) is 28.7 Å². The van der Waals surface area contributed by atoms with E-state index in [0.29, 0.717) is 18.3 Å². The molecular weight excluding hydrogens is 401 g/mol. The Labute approximate surface area is 148 Å². The molecule has 1 aromatic carbocycles. The standard InChI is InChI=1S/C14H23N3O2S.HI/c1-14(2,20-5)9-16-13(15)17-11-8-10(18-3)6-7-12(11)19-4;/h6-8H,9H2,1-5H3,(H3,15,16,17);1H. The van der Waals surface area contributed by atoms with Gasteiger partial charge < -0.3 is 20.5 Å². The summed E-state index contributed by atoms with van der Waals surface area (Å²) in [6.45, 7) is 4.89. The zero-order valence-electron chi connectivity index (χ0n) is 13.1. The van der Waals surface area contributed by atoms with E-state index in [0.717, 1.165) is 11.4 Å². The van der Waals surface area contributed by atoms with Gasteiger partial charge in [0, 0.05) is 10.8 Å². The first-order valence-electron chi connectivity index (χ1n) is 6.26. The molecule has 3 N–H and O–H groups in total. The molecule has 120 valence electrons. The van der Waals surface area contributed by atoms with Crippen LogP contribution in [0.2, 0.25) is 0 Å². The van der Waals surface area contributed by atoms with Gasteiger partial charge in [0.05, 0.1) is 26.5 Å². The molecular formula is C14H24IN3O2S.